The molecule has 3 aromatic rings. The van der Waals surface area contributed by atoms with Crippen molar-refractivity contribution in [2.45, 2.75) is 0 Å². The van der Waals surface area contributed by atoms with Crippen molar-refractivity contribution in [2.75, 3.05) is 0 Å². The molecule has 1 heterocycles. The highest BCUT2D eigenvalue weighted by Crippen LogP contribution is 2.33. The minimum atomic E-state index is -0.779. The first kappa shape index (κ1) is 15.0. The van der Waals surface area contributed by atoms with E-state index in [2.05, 4.69) is 15.5 Å². The van der Waals surface area contributed by atoms with Crippen LogP contribution < -0.4 is 4.74 Å². The van der Waals surface area contributed by atoms with Crippen molar-refractivity contribution < 1.29 is 14.6 Å². The van der Waals surface area contributed by atoms with Crippen molar-refractivity contribution in [3.63, 3.8) is 0 Å². The Morgan fingerprint density at radius 2 is 1.75 bits per heavy atom. The zero-order valence-electron chi connectivity index (χ0n) is 11.8. The van der Waals surface area contributed by atoms with Crippen LogP contribution in [0.2, 0.25) is 0 Å². The second-order valence-corrected chi connectivity index (χ2v) is 4.48. The number of nitrogens with zero attached hydrogens (tertiary/aromatic N) is 6. The molecule has 0 N–H and O–H groups in total. The molecule has 11 heteroatoms. The second-order valence-electron chi connectivity index (χ2n) is 4.48. The fourth-order valence-electron chi connectivity index (χ4n) is 1.92. The Bertz CT molecular complexity index is 910. The predicted molar refractivity (Wildman–Crippen MR) is 79.0 cm³/mol. The number of tetrazole rings is 1. The van der Waals surface area contributed by atoms with Crippen molar-refractivity contribution in [2.24, 2.45) is 0 Å². The van der Waals surface area contributed by atoms with Crippen molar-refractivity contribution in [1.29, 1.82) is 0 Å². The van der Waals surface area contributed by atoms with Gasteiger partial charge in [0.1, 0.15) is 0 Å². The topological polar surface area (TPSA) is 139 Å². The zero-order valence-corrected chi connectivity index (χ0v) is 11.8. The molecule has 0 saturated carbocycles. The molecule has 11 nitrogen and oxygen atoms in total. The van der Waals surface area contributed by atoms with Gasteiger partial charge in [-0.05, 0) is 28.6 Å². The van der Waals surface area contributed by atoms with Gasteiger partial charge in [-0.1, -0.05) is 23.3 Å². The number of nitro groups is 2. The average molecular weight is 328 g/mol. The van der Waals surface area contributed by atoms with E-state index in [1.54, 1.807) is 30.3 Å². The van der Waals surface area contributed by atoms with Crippen LogP contribution in [0.5, 0.6) is 11.8 Å². The van der Waals surface area contributed by atoms with Crippen LogP contribution in [0, 0.1) is 20.2 Å². The third kappa shape index (κ3) is 2.85. The summed E-state index contributed by atoms with van der Waals surface area (Å²) in [5.41, 5.74) is -0.398. The van der Waals surface area contributed by atoms with E-state index in [1.165, 1.54) is 4.68 Å². The standard InChI is InChI=1S/C13H8N6O5/c20-18(21)10-6-7-12(11(8-10)19(22)23)24-13-14-15-16-17(13)9-4-2-1-3-5-9/h1-8H. The molecule has 0 unspecified atom stereocenters. The van der Waals surface area contributed by atoms with E-state index in [0.29, 0.717) is 5.69 Å². The van der Waals surface area contributed by atoms with Gasteiger partial charge in [-0.2, -0.15) is 4.68 Å². The van der Waals surface area contributed by atoms with Crippen LogP contribution in [0.15, 0.2) is 48.5 Å². The summed E-state index contributed by atoms with van der Waals surface area (Å²) < 4.78 is 6.63. The number of rotatable bonds is 5. The Labute approximate surface area is 133 Å². The number of benzene rings is 2. The lowest BCUT2D eigenvalue weighted by atomic mass is 10.2. The maximum Gasteiger partial charge on any atom is 0.346 e. The molecule has 0 aliphatic heterocycles. The van der Waals surface area contributed by atoms with Gasteiger partial charge < -0.3 is 4.74 Å². The van der Waals surface area contributed by atoms with E-state index in [-0.39, 0.29) is 11.8 Å². The van der Waals surface area contributed by atoms with Gasteiger partial charge in [-0.25, -0.2) is 0 Å². The van der Waals surface area contributed by atoms with Crippen LogP contribution in [0.25, 0.3) is 5.69 Å². The summed E-state index contributed by atoms with van der Waals surface area (Å²) in [4.78, 5) is 20.4. The third-order valence-corrected chi connectivity index (χ3v) is 2.99. The summed E-state index contributed by atoms with van der Waals surface area (Å²) in [6.45, 7) is 0. The number of ether oxygens (including phenoxy) is 1. The average Bonchev–Trinajstić information content (AvgIpc) is 3.03. The van der Waals surface area contributed by atoms with Gasteiger partial charge in [-0.3, -0.25) is 20.2 Å². The van der Waals surface area contributed by atoms with Gasteiger partial charge in [0.2, 0.25) is 5.75 Å². The van der Waals surface area contributed by atoms with Crippen LogP contribution in [0.3, 0.4) is 0 Å². The molecule has 0 amide bonds. The smallest absolute Gasteiger partial charge is 0.346 e. The first-order valence-corrected chi connectivity index (χ1v) is 6.51. The van der Waals surface area contributed by atoms with E-state index >= 15 is 0 Å². The highest BCUT2D eigenvalue weighted by molar-refractivity contribution is 5.54. The van der Waals surface area contributed by atoms with Gasteiger partial charge in [0.05, 0.1) is 21.6 Å². The lowest BCUT2D eigenvalue weighted by molar-refractivity contribution is -0.394. The lowest BCUT2D eigenvalue weighted by Crippen LogP contribution is -2.02. The molecule has 120 valence electrons. The Morgan fingerprint density at radius 1 is 1.00 bits per heavy atom. The molecule has 0 radical (unpaired) electrons. The Balaban J connectivity index is 2.00. The molecule has 0 bridgehead atoms. The van der Waals surface area contributed by atoms with Gasteiger partial charge >= 0.3 is 11.7 Å². The van der Waals surface area contributed by atoms with E-state index in [0.717, 1.165) is 18.2 Å². The van der Waals surface area contributed by atoms with Crippen molar-refractivity contribution >= 4 is 11.4 Å². The molecular weight excluding hydrogens is 320 g/mol. The Hall–Kier alpha value is -3.89. The molecule has 0 fully saturated rings. The number of aromatic nitrogens is 4. The quantitative estimate of drug-likeness (QED) is 0.513. The number of para-hydroxylation sites is 1. The fourth-order valence-corrected chi connectivity index (χ4v) is 1.92. The SMILES string of the molecule is O=[N+]([O-])c1ccc(Oc2nnnn2-c2ccccc2)c([N+](=O)[O-])c1. The number of nitro benzene ring substituents is 2. The summed E-state index contributed by atoms with van der Waals surface area (Å²) in [5.74, 6) is -0.211. The van der Waals surface area contributed by atoms with Crippen LogP contribution >= 0.6 is 0 Å². The van der Waals surface area contributed by atoms with Gasteiger partial charge in [0.15, 0.2) is 0 Å². The van der Waals surface area contributed by atoms with Crippen LogP contribution in [-0.2, 0) is 0 Å². The molecule has 0 aliphatic carbocycles. The van der Waals surface area contributed by atoms with E-state index in [9.17, 15) is 20.2 Å². The van der Waals surface area contributed by atoms with E-state index in [1.807, 2.05) is 0 Å². The van der Waals surface area contributed by atoms with Crippen LogP contribution in [-0.4, -0.2) is 30.1 Å². The molecule has 0 aliphatic rings. The maximum absolute atomic E-state index is 11.1. The van der Waals surface area contributed by atoms with Crippen LogP contribution in [0.1, 0.15) is 0 Å². The number of hydrogen-bond donors (Lipinski definition) is 0. The van der Waals surface area contributed by atoms with Crippen molar-refractivity contribution in [1.82, 2.24) is 20.2 Å². The number of hydrogen-bond acceptors (Lipinski definition) is 8. The molecular formula is C13H8N6O5. The Morgan fingerprint density at radius 3 is 2.42 bits per heavy atom. The number of non-ortho nitro benzene ring substituents is 1. The lowest BCUT2D eigenvalue weighted by Gasteiger charge is -2.06. The monoisotopic (exact) mass is 328 g/mol. The maximum atomic E-state index is 11.1. The minimum absolute atomic E-state index is 0.113. The fraction of sp³-hybridized carbons (Fsp3) is 0. The summed E-state index contributed by atoms with van der Waals surface area (Å²) >= 11 is 0. The minimum Gasteiger partial charge on any atom is -0.416 e. The second kappa shape index (κ2) is 6.08. The predicted octanol–water partition coefficient (Wildman–Crippen LogP) is 2.27. The normalized spacial score (nSPS) is 10.3. The van der Waals surface area contributed by atoms with Crippen molar-refractivity contribution in [3.05, 3.63) is 68.8 Å². The molecule has 0 atom stereocenters. The van der Waals surface area contributed by atoms with Crippen molar-refractivity contribution in [3.8, 4) is 17.4 Å². The van der Waals surface area contributed by atoms with Crippen LogP contribution in [0.4, 0.5) is 11.4 Å². The largest absolute Gasteiger partial charge is 0.416 e. The first-order chi connectivity index (χ1) is 11.6. The summed E-state index contributed by atoms with van der Waals surface area (Å²) in [7, 11) is 0. The first-order valence-electron chi connectivity index (χ1n) is 6.51. The highest BCUT2D eigenvalue weighted by Gasteiger charge is 2.23. The third-order valence-electron chi connectivity index (χ3n) is 2.99. The molecule has 0 saturated heterocycles. The van der Waals surface area contributed by atoms with Gasteiger partial charge in [0, 0.05) is 6.07 Å². The van der Waals surface area contributed by atoms with Gasteiger partial charge in [-0.15, -0.1) is 0 Å². The van der Waals surface area contributed by atoms with E-state index in [4.69, 9.17) is 4.74 Å². The summed E-state index contributed by atoms with van der Waals surface area (Å²) in [6, 6.07) is 11.7. The molecule has 24 heavy (non-hydrogen) atoms. The molecule has 3 rings (SSSR count). The summed E-state index contributed by atoms with van der Waals surface area (Å²) in [5, 5.41) is 32.8. The molecule has 2 aromatic carbocycles. The summed E-state index contributed by atoms with van der Waals surface area (Å²) in [6.07, 6.45) is 0. The highest BCUT2D eigenvalue weighted by atomic mass is 16.6. The van der Waals surface area contributed by atoms with Gasteiger partial charge in [0.25, 0.3) is 5.69 Å². The Kier molecular flexibility index (Phi) is 3.81. The van der Waals surface area contributed by atoms with E-state index < -0.39 is 21.2 Å². The zero-order chi connectivity index (χ0) is 17.1. The molecule has 0 spiro atoms. The molecule has 1 aromatic heterocycles.